The van der Waals surface area contributed by atoms with Crippen molar-refractivity contribution < 1.29 is 23.2 Å². The maximum atomic E-state index is 13.3. The van der Waals surface area contributed by atoms with Gasteiger partial charge in [-0.3, -0.25) is 5.32 Å². The van der Waals surface area contributed by atoms with E-state index in [9.17, 15) is 14.0 Å². The minimum absolute atomic E-state index is 0.197. The fraction of sp³-hybridized carbons (Fsp3) is 0.409. The quantitative estimate of drug-likeness (QED) is 0.557. The number of aromatic nitrogens is 3. The summed E-state index contributed by atoms with van der Waals surface area (Å²) < 4.78 is 24.4. The maximum absolute atomic E-state index is 13.3. The third-order valence-corrected chi connectivity index (χ3v) is 6.91. The molecule has 1 saturated heterocycles. The fourth-order valence-electron chi connectivity index (χ4n) is 4.30. The SMILES string of the molecule is CNC(=O)Nc1nc2c(s1)C1CN(C(=O)OC(C)C)CC(C2)N1c1nc(-c2ccc(F)cc2)no1. The Hall–Kier alpha value is -3.74. The van der Waals surface area contributed by atoms with Gasteiger partial charge in [-0.2, -0.15) is 4.98 Å². The molecule has 13 heteroatoms. The summed E-state index contributed by atoms with van der Waals surface area (Å²) in [6, 6.07) is 5.27. The van der Waals surface area contributed by atoms with Gasteiger partial charge in [-0.25, -0.2) is 19.0 Å². The van der Waals surface area contributed by atoms with Crippen molar-refractivity contribution in [2.75, 3.05) is 30.4 Å². The fourth-order valence-corrected chi connectivity index (χ4v) is 5.38. The second-order valence-corrected chi connectivity index (χ2v) is 9.59. The predicted octanol–water partition coefficient (Wildman–Crippen LogP) is 3.42. The van der Waals surface area contributed by atoms with E-state index in [0.717, 1.165) is 10.6 Å². The smallest absolute Gasteiger partial charge is 0.410 e. The van der Waals surface area contributed by atoms with Crippen molar-refractivity contribution in [2.45, 2.75) is 38.5 Å². The molecule has 35 heavy (non-hydrogen) atoms. The largest absolute Gasteiger partial charge is 0.447 e. The Bertz CT molecular complexity index is 1240. The first-order valence-electron chi connectivity index (χ1n) is 11.1. The molecule has 11 nitrogen and oxygen atoms in total. The minimum atomic E-state index is -0.385. The molecule has 1 fully saturated rings. The first-order chi connectivity index (χ1) is 16.8. The van der Waals surface area contributed by atoms with Crippen molar-refractivity contribution in [1.82, 2.24) is 25.3 Å². The van der Waals surface area contributed by atoms with Crippen molar-refractivity contribution in [3.8, 4) is 11.4 Å². The Morgan fingerprint density at radius 1 is 1.23 bits per heavy atom. The van der Waals surface area contributed by atoms with Crippen LogP contribution in [-0.2, 0) is 11.2 Å². The van der Waals surface area contributed by atoms with Crippen LogP contribution in [0.25, 0.3) is 11.4 Å². The molecule has 2 N–H and O–H groups in total. The zero-order valence-corrected chi connectivity index (χ0v) is 20.1. The number of halogens is 1. The number of piperazine rings is 1. The molecule has 4 heterocycles. The molecule has 2 unspecified atom stereocenters. The summed E-state index contributed by atoms with van der Waals surface area (Å²) in [6.45, 7) is 4.32. The highest BCUT2D eigenvalue weighted by molar-refractivity contribution is 7.16. The Labute approximate surface area is 204 Å². The van der Waals surface area contributed by atoms with Gasteiger partial charge >= 0.3 is 18.1 Å². The van der Waals surface area contributed by atoms with Crippen LogP contribution < -0.4 is 15.5 Å². The minimum Gasteiger partial charge on any atom is -0.447 e. The molecule has 1 aromatic carbocycles. The summed E-state index contributed by atoms with van der Waals surface area (Å²) in [4.78, 5) is 38.3. The lowest BCUT2D eigenvalue weighted by molar-refractivity contribution is 0.0630. The molecule has 0 saturated carbocycles. The number of hydrogen-bond donors (Lipinski definition) is 2. The monoisotopic (exact) mass is 501 g/mol. The number of anilines is 2. The van der Waals surface area contributed by atoms with Crippen LogP contribution in [0.4, 0.5) is 25.1 Å². The molecular formula is C22H24FN7O4S. The first kappa shape index (κ1) is 23.0. The summed E-state index contributed by atoms with van der Waals surface area (Å²) >= 11 is 1.34. The van der Waals surface area contributed by atoms with Gasteiger partial charge in [0, 0.05) is 32.1 Å². The lowest BCUT2D eigenvalue weighted by Gasteiger charge is -2.47. The van der Waals surface area contributed by atoms with Crippen LogP contribution >= 0.6 is 11.3 Å². The zero-order chi connectivity index (χ0) is 24.7. The highest BCUT2D eigenvalue weighted by Crippen LogP contribution is 2.44. The van der Waals surface area contributed by atoms with E-state index in [0.29, 0.717) is 42.0 Å². The zero-order valence-electron chi connectivity index (χ0n) is 19.3. The average Bonchev–Trinajstić information content (AvgIpc) is 3.45. The molecule has 2 aliphatic rings. The van der Waals surface area contributed by atoms with Crippen molar-refractivity contribution in [2.24, 2.45) is 0 Å². The standard InChI is InChI=1S/C22H24FN7O4S/c1-11(2)33-22(32)29-9-14-8-15-17(35-20(25-15)27-19(31)24-3)16(10-29)30(14)21-26-18(28-34-21)12-4-6-13(23)7-5-12/h4-7,11,14,16H,8-10H2,1-3H3,(H2,24,25,27,31). The summed E-state index contributed by atoms with van der Waals surface area (Å²) in [5.74, 6) is -0.0125. The molecule has 2 bridgehead atoms. The number of carbonyl (C=O) groups is 2. The van der Waals surface area contributed by atoms with Crippen LogP contribution in [0, 0.1) is 5.82 Å². The number of rotatable bonds is 4. The normalized spacial score (nSPS) is 18.9. The summed E-state index contributed by atoms with van der Waals surface area (Å²) in [6.07, 6.45) is -0.113. The lowest BCUT2D eigenvalue weighted by atomic mass is 9.94. The van der Waals surface area contributed by atoms with Gasteiger partial charge < -0.3 is 24.4 Å². The Kier molecular flexibility index (Phi) is 6.01. The van der Waals surface area contributed by atoms with Gasteiger partial charge in [0.2, 0.25) is 5.82 Å². The molecule has 0 aliphatic carbocycles. The van der Waals surface area contributed by atoms with Crippen LogP contribution in [-0.4, -0.2) is 64.4 Å². The van der Waals surface area contributed by atoms with Gasteiger partial charge in [0.1, 0.15) is 5.82 Å². The highest BCUT2D eigenvalue weighted by atomic mass is 32.1. The number of fused-ring (bicyclic) bond motifs is 4. The van der Waals surface area contributed by atoms with Crippen molar-refractivity contribution in [3.05, 3.63) is 40.7 Å². The van der Waals surface area contributed by atoms with Gasteiger partial charge in [0.05, 0.1) is 28.8 Å². The van der Waals surface area contributed by atoms with Crippen LogP contribution in [0.1, 0.15) is 30.5 Å². The second-order valence-electron chi connectivity index (χ2n) is 8.56. The Balaban J connectivity index is 1.48. The van der Waals surface area contributed by atoms with Crippen molar-refractivity contribution in [3.63, 3.8) is 0 Å². The molecule has 0 spiro atoms. The van der Waals surface area contributed by atoms with Crippen molar-refractivity contribution >= 4 is 34.6 Å². The molecule has 0 radical (unpaired) electrons. The number of benzene rings is 1. The predicted molar refractivity (Wildman–Crippen MR) is 126 cm³/mol. The summed E-state index contributed by atoms with van der Waals surface area (Å²) in [5, 5.41) is 9.80. The first-order valence-corrected chi connectivity index (χ1v) is 12.0. The molecule has 2 aromatic heterocycles. The summed E-state index contributed by atoms with van der Waals surface area (Å²) in [7, 11) is 1.53. The van der Waals surface area contributed by atoms with E-state index in [4.69, 9.17) is 9.26 Å². The van der Waals surface area contributed by atoms with E-state index in [2.05, 4.69) is 25.8 Å². The van der Waals surface area contributed by atoms with Crippen LogP contribution in [0.15, 0.2) is 28.8 Å². The number of nitrogens with zero attached hydrogens (tertiary/aromatic N) is 5. The van der Waals surface area contributed by atoms with E-state index in [-0.39, 0.29) is 36.1 Å². The molecule has 184 valence electrons. The van der Waals surface area contributed by atoms with Crippen LogP contribution in [0.2, 0.25) is 0 Å². The molecule has 2 atom stereocenters. The van der Waals surface area contributed by atoms with E-state index in [1.807, 2.05) is 18.7 Å². The number of thiazole rings is 1. The summed E-state index contributed by atoms with van der Waals surface area (Å²) in [5.41, 5.74) is 1.49. The van der Waals surface area contributed by atoms with Gasteiger partial charge in [-0.1, -0.05) is 16.5 Å². The molecular weight excluding hydrogens is 477 g/mol. The third-order valence-electron chi connectivity index (χ3n) is 5.79. The average molecular weight is 502 g/mol. The molecule has 3 aromatic rings. The number of carbonyl (C=O) groups excluding carboxylic acids is 2. The number of amides is 3. The van der Waals surface area contributed by atoms with E-state index in [1.54, 1.807) is 17.0 Å². The number of nitrogens with one attached hydrogen (secondary N) is 2. The number of hydrogen-bond acceptors (Lipinski definition) is 9. The van der Waals surface area contributed by atoms with Crippen LogP contribution in [0.3, 0.4) is 0 Å². The van der Waals surface area contributed by atoms with Crippen molar-refractivity contribution in [1.29, 1.82) is 0 Å². The topological polar surface area (TPSA) is 126 Å². The van der Waals surface area contributed by atoms with E-state index < -0.39 is 0 Å². The second kappa shape index (κ2) is 9.13. The van der Waals surface area contributed by atoms with Crippen LogP contribution in [0.5, 0.6) is 0 Å². The van der Waals surface area contributed by atoms with Gasteiger partial charge in [-0.05, 0) is 38.1 Å². The lowest BCUT2D eigenvalue weighted by Crippen LogP contribution is -2.59. The van der Waals surface area contributed by atoms with E-state index in [1.165, 1.54) is 30.5 Å². The number of urea groups is 1. The van der Waals surface area contributed by atoms with E-state index >= 15 is 0 Å². The van der Waals surface area contributed by atoms with Gasteiger partial charge in [0.15, 0.2) is 5.13 Å². The van der Waals surface area contributed by atoms with Gasteiger partial charge in [-0.15, -0.1) is 0 Å². The number of ether oxygens (including phenoxy) is 1. The Morgan fingerprint density at radius 2 is 2.00 bits per heavy atom. The Morgan fingerprint density at radius 3 is 2.71 bits per heavy atom. The maximum Gasteiger partial charge on any atom is 0.410 e. The third kappa shape index (κ3) is 4.50. The molecule has 2 aliphatic heterocycles. The van der Waals surface area contributed by atoms with Gasteiger partial charge in [0.25, 0.3) is 0 Å². The molecule has 3 amide bonds. The molecule has 5 rings (SSSR count). The highest BCUT2D eigenvalue weighted by Gasteiger charge is 2.46.